The molecule has 3 heterocycles. The van der Waals surface area contributed by atoms with Gasteiger partial charge in [0.2, 0.25) is 0 Å². The molecule has 1 amide bonds. The highest BCUT2D eigenvalue weighted by molar-refractivity contribution is 5.92. The molecule has 2 aromatic heterocycles. The van der Waals surface area contributed by atoms with Crippen molar-refractivity contribution >= 4 is 5.91 Å². The molecule has 0 radical (unpaired) electrons. The summed E-state index contributed by atoms with van der Waals surface area (Å²) < 4.78 is 13.6. The second-order valence-corrected chi connectivity index (χ2v) is 7.69. The number of carbonyl (C=O) groups excluding carboxylic acids is 1. The maximum absolute atomic E-state index is 13.6. The van der Waals surface area contributed by atoms with Crippen molar-refractivity contribution in [1.29, 1.82) is 0 Å². The first kappa shape index (κ1) is 20.2. The van der Waals surface area contributed by atoms with Crippen LogP contribution in [0.3, 0.4) is 0 Å². The minimum atomic E-state index is -0.213. The van der Waals surface area contributed by atoms with Gasteiger partial charge in [-0.05, 0) is 67.3 Å². The number of nitrogens with zero attached hydrogens (tertiary/aromatic N) is 3. The molecule has 4 rings (SSSR count). The number of aromatic nitrogens is 2. The Hall–Kier alpha value is -3.12. The van der Waals surface area contributed by atoms with Crippen LogP contribution in [0.2, 0.25) is 0 Å². The van der Waals surface area contributed by atoms with Crippen molar-refractivity contribution in [3.05, 3.63) is 95.8 Å². The Kier molecular flexibility index (Phi) is 6.44. The monoisotopic (exact) mass is 404 g/mol. The predicted octanol–water partition coefficient (Wildman–Crippen LogP) is 4.00. The fourth-order valence-electron chi connectivity index (χ4n) is 4.11. The predicted molar refractivity (Wildman–Crippen MR) is 113 cm³/mol. The Morgan fingerprint density at radius 2 is 1.93 bits per heavy atom. The molecule has 30 heavy (non-hydrogen) atoms. The molecule has 154 valence electrons. The van der Waals surface area contributed by atoms with Gasteiger partial charge in [-0.1, -0.05) is 24.3 Å². The quantitative estimate of drug-likeness (QED) is 0.675. The lowest BCUT2D eigenvalue weighted by atomic mass is 9.88. The van der Waals surface area contributed by atoms with E-state index in [0.29, 0.717) is 12.2 Å². The van der Waals surface area contributed by atoms with Crippen LogP contribution in [0.15, 0.2) is 73.1 Å². The summed E-state index contributed by atoms with van der Waals surface area (Å²) in [6.45, 7) is 2.45. The summed E-state index contributed by atoms with van der Waals surface area (Å²) in [5.41, 5.74) is 2.20. The molecule has 0 aliphatic carbocycles. The Balaban J connectivity index is 1.52. The van der Waals surface area contributed by atoms with Crippen LogP contribution in [-0.4, -0.2) is 33.9 Å². The number of rotatable bonds is 6. The third kappa shape index (κ3) is 5.07. The average molecular weight is 404 g/mol. The van der Waals surface area contributed by atoms with Gasteiger partial charge < -0.3 is 5.32 Å². The number of carbonyl (C=O) groups is 1. The molecule has 1 aliphatic rings. The van der Waals surface area contributed by atoms with Gasteiger partial charge in [-0.3, -0.25) is 19.7 Å². The zero-order valence-electron chi connectivity index (χ0n) is 16.7. The Morgan fingerprint density at radius 3 is 2.67 bits per heavy atom. The highest BCUT2D eigenvalue weighted by Crippen LogP contribution is 2.30. The summed E-state index contributed by atoms with van der Waals surface area (Å²) in [6.07, 6.45) is 5.38. The SMILES string of the molecule is O=C(N[C@@H](c1ccccn1)[C@@H]1CCCN(Cc2cccc(F)c2)C1)c1ccccn1. The Morgan fingerprint density at radius 1 is 1.10 bits per heavy atom. The van der Waals surface area contributed by atoms with E-state index in [-0.39, 0.29) is 23.7 Å². The fourth-order valence-corrected chi connectivity index (χ4v) is 4.11. The second-order valence-electron chi connectivity index (χ2n) is 7.69. The molecular formula is C24H25FN4O. The molecule has 0 spiro atoms. The molecule has 1 N–H and O–H groups in total. The van der Waals surface area contributed by atoms with E-state index >= 15 is 0 Å². The van der Waals surface area contributed by atoms with Gasteiger partial charge >= 0.3 is 0 Å². The van der Waals surface area contributed by atoms with Gasteiger partial charge in [0.1, 0.15) is 11.5 Å². The summed E-state index contributed by atoms with van der Waals surface area (Å²) in [5.74, 6) is -0.210. The van der Waals surface area contributed by atoms with Gasteiger partial charge in [-0.25, -0.2) is 4.39 Å². The molecule has 3 aromatic rings. The van der Waals surface area contributed by atoms with Crippen molar-refractivity contribution in [2.75, 3.05) is 13.1 Å². The maximum Gasteiger partial charge on any atom is 0.270 e. The molecule has 2 atom stereocenters. The van der Waals surface area contributed by atoms with E-state index in [1.54, 1.807) is 42.7 Å². The summed E-state index contributed by atoms with van der Waals surface area (Å²) in [5, 5.41) is 3.16. The van der Waals surface area contributed by atoms with Gasteiger partial charge in [0.15, 0.2) is 0 Å². The van der Waals surface area contributed by atoms with E-state index in [4.69, 9.17) is 0 Å². The number of pyridine rings is 2. The van der Waals surface area contributed by atoms with Crippen LogP contribution in [0.25, 0.3) is 0 Å². The summed E-state index contributed by atoms with van der Waals surface area (Å²) in [7, 11) is 0. The summed E-state index contributed by atoms with van der Waals surface area (Å²) in [6, 6.07) is 17.6. The van der Waals surface area contributed by atoms with E-state index < -0.39 is 0 Å². The molecule has 1 aromatic carbocycles. The first-order valence-electron chi connectivity index (χ1n) is 10.3. The van der Waals surface area contributed by atoms with Gasteiger partial charge in [-0.15, -0.1) is 0 Å². The Bertz CT molecular complexity index is 967. The number of amides is 1. The highest BCUT2D eigenvalue weighted by atomic mass is 19.1. The van der Waals surface area contributed by atoms with Gasteiger partial charge in [0.05, 0.1) is 11.7 Å². The normalized spacial score (nSPS) is 18.0. The standard InChI is InChI=1S/C24H25FN4O/c25-20-9-5-7-18(15-20)16-29-14-6-8-19(17-29)23(21-10-1-3-12-26-21)28-24(30)22-11-2-4-13-27-22/h1-5,7,9-13,15,19,23H,6,8,14,16-17H2,(H,28,30)/t19-,23-/m1/s1. The first-order valence-corrected chi connectivity index (χ1v) is 10.3. The van der Waals surface area contributed by atoms with Crippen molar-refractivity contribution < 1.29 is 9.18 Å². The zero-order chi connectivity index (χ0) is 20.8. The molecule has 5 nitrogen and oxygen atoms in total. The van der Waals surface area contributed by atoms with Crippen LogP contribution in [0.1, 0.15) is 40.6 Å². The molecule has 1 saturated heterocycles. The number of hydrogen-bond acceptors (Lipinski definition) is 4. The van der Waals surface area contributed by atoms with Crippen molar-refractivity contribution in [2.24, 2.45) is 5.92 Å². The van der Waals surface area contributed by atoms with Gasteiger partial charge in [-0.2, -0.15) is 0 Å². The molecule has 6 heteroatoms. The Labute approximate surface area is 176 Å². The lowest BCUT2D eigenvalue weighted by molar-refractivity contribution is 0.0870. The fraction of sp³-hybridized carbons (Fsp3) is 0.292. The van der Waals surface area contributed by atoms with Crippen LogP contribution in [-0.2, 0) is 6.54 Å². The lowest BCUT2D eigenvalue weighted by Crippen LogP contribution is -2.43. The topological polar surface area (TPSA) is 58.1 Å². The maximum atomic E-state index is 13.6. The third-order valence-corrected chi connectivity index (χ3v) is 5.50. The van der Waals surface area contributed by atoms with E-state index in [1.165, 1.54) is 6.07 Å². The van der Waals surface area contributed by atoms with E-state index in [2.05, 4.69) is 20.2 Å². The minimum Gasteiger partial charge on any atom is -0.342 e. The van der Waals surface area contributed by atoms with Crippen LogP contribution in [0.5, 0.6) is 0 Å². The molecule has 1 aliphatic heterocycles. The van der Waals surface area contributed by atoms with Crippen molar-refractivity contribution in [1.82, 2.24) is 20.2 Å². The highest BCUT2D eigenvalue weighted by Gasteiger charge is 2.31. The van der Waals surface area contributed by atoms with Crippen molar-refractivity contribution in [3.63, 3.8) is 0 Å². The molecule has 1 fully saturated rings. The van der Waals surface area contributed by atoms with Crippen molar-refractivity contribution in [2.45, 2.75) is 25.4 Å². The largest absolute Gasteiger partial charge is 0.342 e. The number of nitrogens with one attached hydrogen (secondary N) is 1. The van der Waals surface area contributed by atoms with E-state index in [0.717, 1.165) is 37.2 Å². The molecule has 0 unspecified atom stereocenters. The number of benzene rings is 1. The average Bonchev–Trinajstić information content (AvgIpc) is 2.79. The molecule has 0 bridgehead atoms. The second kappa shape index (κ2) is 9.59. The summed E-state index contributed by atoms with van der Waals surface area (Å²) in [4.78, 5) is 23.8. The molecule has 0 saturated carbocycles. The zero-order valence-corrected chi connectivity index (χ0v) is 16.7. The molecular weight excluding hydrogens is 379 g/mol. The van der Waals surface area contributed by atoms with E-state index in [1.807, 2.05) is 24.3 Å². The minimum absolute atomic E-state index is 0.200. The first-order chi connectivity index (χ1) is 14.7. The number of likely N-dealkylation sites (tertiary alicyclic amines) is 1. The van der Waals surface area contributed by atoms with Crippen LogP contribution >= 0.6 is 0 Å². The van der Waals surface area contributed by atoms with E-state index in [9.17, 15) is 9.18 Å². The van der Waals surface area contributed by atoms with Crippen LogP contribution in [0, 0.1) is 11.7 Å². The van der Waals surface area contributed by atoms with Crippen molar-refractivity contribution in [3.8, 4) is 0 Å². The third-order valence-electron chi connectivity index (χ3n) is 5.50. The summed E-state index contributed by atoms with van der Waals surface area (Å²) >= 11 is 0. The number of halogens is 1. The number of piperidine rings is 1. The van der Waals surface area contributed by atoms with Crippen LogP contribution in [0.4, 0.5) is 4.39 Å². The lowest BCUT2D eigenvalue weighted by Gasteiger charge is -2.37. The van der Waals surface area contributed by atoms with Gasteiger partial charge in [0.25, 0.3) is 5.91 Å². The van der Waals surface area contributed by atoms with Gasteiger partial charge in [0, 0.05) is 25.5 Å². The number of hydrogen-bond donors (Lipinski definition) is 1. The smallest absolute Gasteiger partial charge is 0.270 e. The van der Waals surface area contributed by atoms with Crippen LogP contribution < -0.4 is 5.32 Å².